The van der Waals surface area contributed by atoms with E-state index in [-0.39, 0.29) is 12.1 Å². The smallest absolute Gasteiger partial charge is 0.416 e. The summed E-state index contributed by atoms with van der Waals surface area (Å²) >= 11 is 0. The fraction of sp³-hybridized carbons (Fsp3) is 0.310. The fourth-order valence-corrected chi connectivity index (χ4v) is 4.50. The molecule has 0 saturated heterocycles. The molecule has 0 spiro atoms. The van der Waals surface area contributed by atoms with Crippen molar-refractivity contribution < 1.29 is 17.9 Å². The highest BCUT2D eigenvalue weighted by Gasteiger charge is 2.30. The van der Waals surface area contributed by atoms with Gasteiger partial charge in [-0.2, -0.15) is 13.2 Å². The molecule has 0 bridgehead atoms. The van der Waals surface area contributed by atoms with Gasteiger partial charge in [0.25, 0.3) is 0 Å². The van der Waals surface area contributed by atoms with Crippen molar-refractivity contribution in [2.24, 2.45) is 0 Å². The molecule has 2 atom stereocenters. The molecule has 1 aliphatic rings. The maximum Gasteiger partial charge on any atom is 0.416 e. The molecule has 1 heterocycles. The Labute approximate surface area is 205 Å². The fourth-order valence-electron chi connectivity index (χ4n) is 4.50. The van der Waals surface area contributed by atoms with Crippen molar-refractivity contribution in [2.45, 2.75) is 43.9 Å². The lowest BCUT2D eigenvalue weighted by atomic mass is 9.93. The molecule has 0 fully saturated rings. The molecule has 0 aromatic heterocycles. The van der Waals surface area contributed by atoms with Gasteiger partial charge in [0.2, 0.25) is 0 Å². The SMILES string of the molecule is C=C(NC)[C@H](N[C@@H](CCc1ccc(C(F)(F)F)cc1)c1ccc2c(c1)CCCO2)c1ccccc1. The number of likely N-dealkylation sites (N-methyl/N-ethyl adjacent to an activating group) is 1. The Bertz CT molecular complexity index is 1130. The second-order valence-corrected chi connectivity index (χ2v) is 8.89. The third-order valence-electron chi connectivity index (χ3n) is 6.51. The van der Waals surface area contributed by atoms with Crippen LogP contribution < -0.4 is 15.4 Å². The third kappa shape index (κ3) is 6.25. The summed E-state index contributed by atoms with van der Waals surface area (Å²) in [6.45, 7) is 4.95. The number of ether oxygens (including phenoxy) is 1. The van der Waals surface area contributed by atoms with Gasteiger partial charge in [0, 0.05) is 18.8 Å². The third-order valence-corrected chi connectivity index (χ3v) is 6.51. The normalized spacial score (nSPS) is 15.0. The number of hydrogen-bond acceptors (Lipinski definition) is 3. The Morgan fingerprint density at radius 3 is 2.43 bits per heavy atom. The Hall–Kier alpha value is -3.25. The van der Waals surface area contributed by atoms with Gasteiger partial charge < -0.3 is 10.1 Å². The van der Waals surface area contributed by atoms with Gasteiger partial charge in [-0.05, 0) is 66.1 Å². The first kappa shape index (κ1) is 24.9. The van der Waals surface area contributed by atoms with Crippen LogP contribution in [0.15, 0.2) is 85.1 Å². The van der Waals surface area contributed by atoms with E-state index in [9.17, 15) is 13.2 Å². The first-order valence-corrected chi connectivity index (χ1v) is 11.9. The summed E-state index contributed by atoms with van der Waals surface area (Å²) in [5.41, 5.74) is 4.50. The molecule has 4 rings (SSSR count). The summed E-state index contributed by atoms with van der Waals surface area (Å²) < 4.78 is 44.7. The average Bonchev–Trinajstić information content (AvgIpc) is 2.88. The molecule has 2 N–H and O–H groups in total. The lowest BCUT2D eigenvalue weighted by molar-refractivity contribution is -0.137. The van der Waals surface area contributed by atoms with Crippen LogP contribution in [0.5, 0.6) is 5.75 Å². The van der Waals surface area contributed by atoms with Crippen LogP contribution in [0.25, 0.3) is 0 Å². The minimum Gasteiger partial charge on any atom is -0.493 e. The van der Waals surface area contributed by atoms with Crippen molar-refractivity contribution >= 4 is 0 Å². The zero-order chi connectivity index (χ0) is 24.8. The van der Waals surface area contributed by atoms with Gasteiger partial charge in [-0.25, -0.2) is 0 Å². The molecule has 0 aliphatic carbocycles. The van der Waals surface area contributed by atoms with Crippen LogP contribution in [0.2, 0.25) is 0 Å². The molecular formula is C29H31F3N2O. The number of benzene rings is 3. The number of fused-ring (bicyclic) bond motifs is 1. The van der Waals surface area contributed by atoms with E-state index in [1.54, 1.807) is 12.1 Å². The molecule has 0 saturated carbocycles. The van der Waals surface area contributed by atoms with Gasteiger partial charge >= 0.3 is 6.18 Å². The molecule has 0 radical (unpaired) electrons. The molecule has 0 amide bonds. The Balaban J connectivity index is 1.60. The van der Waals surface area contributed by atoms with Crippen molar-refractivity contribution in [3.8, 4) is 5.75 Å². The predicted octanol–water partition coefficient (Wildman–Crippen LogP) is 6.77. The average molecular weight is 481 g/mol. The van der Waals surface area contributed by atoms with Crippen molar-refractivity contribution in [3.63, 3.8) is 0 Å². The summed E-state index contributed by atoms with van der Waals surface area (Å²) in [7, 11) is 1.85. The van der Waals surface area contributed by atoms with E-state index < -0.39 is 11.7 Å². The highest BCUT2D eigenvalue weighted by molar-refractivity contribution is 5.40. The number of alkyl halides is 3. The molecule has 1 aliphatic heterocycles. The van der Waals surface area contributed by atoms with Crippen molar-refractivity contribution in [2.75, 3.05) is 13.7 Å². The van der Waals surface area contributed by atoms with Crippen LogP contribution in [0.3, 0.4) is 0 Å². The van der Waals surface area contributed by atoms with Crippen LogP contribution in [0.1, 0.15) is 52.7 Å². The molecule has 3 nitrogen and oxygen atoms in total. The molecule has 0 unspecified atom stereocenters. The number of hydrogen-bond donors (Lipinski definition) is 2. The summed E-state index contributed by atoms with van der Waals surface area (Å²) in [4.78, 5) is 0. The van der Waals surface area contributed by atoms with Gasteiger partial charge in [0.15, 0.2) is 0 Å². The molecule has 3 aromatic carbocycles. The monoisotopic (exact) mass is 480 g/mol. The van der Waals surface area contributed by atoms with Crippen LogP contribution in [-0.4, -0.2) is 13.7 Å². The van der Waals surface area contributed by atoms with Gasteiger partial charge in [0.05, 0.1) is 18.2 Å². The van der Waals surface area contributed by atoms with Gasteiger partial charge in [0.1, 0.15) is 5.75 Å². The number of nitrogens with one attached hydrogen (secondary N) is 2. The van der Waals surface area contributed by atoms with Crippen LogP contribution >= 0.6 is 0 Å². The van der Waals surface area contributed by atoms with E-state index >= 15 is 0 Å². The molecule has 6 heteroatoms. The highest BCUT2D eigenvalue weighted by Crippen LogP contribution is 2.33. The number of rotatable bonds is 9. The van der Waals surface area contributed by atoms with E-state index in [4.69, 9.17) is 4.74 Å². The van der Waals surface area contributed by atoms with Gasteiger partial charge in [-0.1, -0.05) is 61.2 Å². The highest BCUT2D eigenvalue weighted by atomic mass is 19.4. The summed E-state index contributed by atoms with van der Waals surface area (Å²) in [5, 5.41) is 6.95. The van der Waals surface area contributed by atoms with E-state index in [1.807, 2.05) is 31.3 Å². The van der Waals surface area contributed by atoms with Crippen LogP contribution in [0.4, 0.5) is 13.2 Å². The zero-order valence-electron chi connectivity index (χ0n) is 19.9. The molecule has 35 heavy (non-hydrogen) atoms. The summed E-state index contributed by atoms with van der Waals surface area (Å²) in [6.07, 6.45) is -1.02. The first-order chi connectivity index (χ1) is 16.8. The van der Waals surface area contributed by atoms with E-state index in [0.29, 0.717) is 12.8 Å². The summed E-state index contributed by atoms with van der Waals surface area (Å²) in [5.74, 6) is 0.931. The van der Waals surface area contributed by atoms with Crippen molar-refractivity contribution in [3.05, 3.63) is 113 Å². The minimum absolute atomic E-state index is 0.0418. The van der Waals surface area contributed by atoms with Crippen molar-refractivity contribution in [1.82, 2.24) is 10.6 Å². The van der Waals surface area contributed by atoms with Gasteiger partial charge in [-0.15, -0.1) is 0 Å². The molecular weight excluding hydrogens is 449 g/mol. The minimum atomic E-state index is -4.33. The number of aryl methyl sites for hydroxylation is 2. The summed E-state index contributed by atoms with van der Waals surface area (Å²) in [6, 6.07) is 21.7. The largest absolute Gasteiger partial charge is 0.493 e. The van der Waals surface area contributed by atoms with Gasteiger partial charge in [-0.3, -0.25) is 5.32 Å². The maximum atomic E-state index is 13.0. The lowest BCUT2D eigenvalue weighted by Crippen LogP contribution is -2.31. The first-order valence-electron chi connectivity index (χ1n) is 11.9. The van der Waals surface area contributed by atoms with Crippen LogP contribution in [0, 0.1) is 0 Å². The second-order valence-electron chi connectivity index (χ2n) is 8.89. The van der Waals surface area contributed by atoms with E-state index in [1.165, 1.54) is 5.56 Å². The quantitative estimate of drug-likeness (QED) is 0.355. The standard InChI is InChI=1S/C29H31F3N2O/c1-20(33-2)28(22-7-4-3-5-8-22)34-26(23-13-17-27-24(19-23)9-6-18-35-27)16-12-21-10-14-25(15-11-21)29(30,31)32/h3-5,7-8,10-11,13-15,17,19,26,28,33-34H,1,6,9,12,16,18H2,2H3/t26-,28-/m0/s1. The number of halogens is 3. The predicted molar refractivity (Wildman–Crippen MR) is 133 cm³/mol. The van der Waals surface area contributed by atoms with E-state index in [0.717, 1.165) is 59.7 Å². The zero-order valence-corrected chi connectivity index (χ0v) is 19.9. The Morgan fingerprint density at radius 1 is 1.00 bits per heavy atom. The Morgan fingerprint density at radius 2 is 1.74 bits per heavy atom. The Kier molecular flexibility index (Phi) is 7.81. The topological polar surface area (TPSA) is 33.3 Å². The van der Waals surface area contributed by atoms with E-state index in [2.05, 4.69) is 41.5 Å². The lowest BCUT2D eigenvalue weighted by Gasteiger charge is -2.29. The second kappa shape index (κ2) is 11.0. The van der Waals surface area contributed by atoms with Crippen LogP contribution in [-0.2, 0) is 19.0 Å². The molecule has 184 valence electrons. The maximum absolute atomic E-state index is 13.0. The molecule has 3 aromatic rings. The van der Waals surface area contributed by atoms with Crippen molar-refractivity contribution in [1.29, 1.82) is 0 Å².